The van der Waals surface area contributed by atoms with Gasteiger partial charge in [0.15, 0.2) is 0 Å². The molecule has 33 heavy (non-hydrogen) atoms. The second kappa shape index (κ2) is 10.6. The maximum atomic E-state index is 13.2. The number of aliphatic hydroxyl groups excluding tert-OH is 2. The number of carbonyl (C=O) groups is 3. The predicted octanol–water partition coefficient (Wildman–Crippen LogP) is 1.46. The summed E-state index contributed by atoms with van der Waals surface area (Å²) in [5.41, 5.74) is -0.720. The summed E-state index contributed by atoms with van der Waals surface area (Å²) in [7, 11) is 0. The fourth-order valence-electron chi connectivity index (χ4n) is 5.74. The van der Waals surface area contributed by atoms with E-state index in [0.29, 0.717) is 38.1 Å². The van der Waals surface area contributed by atoms with Gasteiger partial charge < -0.3 is 30.9 Å². The van der Waals surface area contributed by atoms with Gasteiger partial charge in [0.2, 0.25) is 11.8 Å². The molecular formula is C24H41N3O6. The smallest absolute Gasteiger partial charge is 0.408 e. The minimum absolute atomic E-state index is 0.0654. The van der Waals surface area contributed by atoms with Gasteiger partial charge in [0.05, 0.1) is 12.2 Å². The first kappa shape index (κ1) is 25.7. The van der Waals surface area contributed by atoms with E-state index < -0.39 is 41.9 Å². The van der Waals surface area contributed by atoms with E-state index in [1.165, 1.54) is 0 Å². The highest BCUT2D eigenvalue weighted by Crippen LogP contribution is 2.43. The number of rotatable bonds is 1. The average molecular weight is 468 g/mol. The van der Waals surface area contributed by atoms with Gasteiger partial charge in [0, 0.05) is 6.54 Å². The number of alkyl carbamates (subject to hydrolysis) is 1. The zero-order valence-corrected chi connectivity index (χ0v) is 20.3. The lowest BCUT2D eigenvalue weighted by Gasteiger charge is -2.45. The van der Waals surface area contributed by atoms with E-state index in [0.717, 1.165) is 19.3 Å². The summed E-state index contributed by atoms with van der Waals surface area (Å²) in [4.78, 5) is 38.3. The number of aliphatic hydroxyl groups is 2. The number of carbonyl (C=O) groups excluding carboxylic acids is 3. The van der Waals surface area contributed by atoms with Crippen LogP contribution in [0.5, 0.6) is 0 Å². The third-order valence-electron chi connectivity index (χ3n) is 7.45. The molecule has 5 N–H and O–H groups in total. The van der Waals surface area contributed by atoms with Gasteiger partial charge in [-0.1, -0.05) is 0 Å². The summed E-state index contributed by atoms with van der Waals surface area (Å²) in [6.07, 6.45) is 3.01. The van der Waals surface area contributed by atoms with E-state index in [1.54, 1.807) is 27.7 Å². The number of ether oxygens (including phenoxy) is 1. The van der Waals surface area contributed by atoms with Crippen LogP contribution in [0.4, 0.5) is 4.79 Å². The fourth-order valence-corrected chi connectivity index (χ4v) is 5.74. The molecule has 3 amide bonds. The van der Waals surface area contributed by atoms with E-state index in [1.807, 2.05) is 0 Å². The van der Waals surface area contributed by atoms with Crippen LogP contribution in [0.25, 0.3) is 0 Å². The Morgan fingerprint density at radius 3 is 2.27 bits per heavy atom. The van der Waals surface area contributed by atoms with Crippen molar-refractivity contribution in [1.82, 2.24) is 16.0 Å². The van der Waals surface area contributed by atoms with Crippen molar-refractivity contribution in [3.63, 3.8) is 0 Å². The van der Waals surface area contributed by atoms with Crippen LogP contribution in [0, 0.1) is 23.7 Å². The molecule has 8 atom stereocenters. The van der Waals surface area contributed by atoms with Gasteiger partial charge in [0.25, 0.3) is 0 Å². The molecule has 0 aromatic carbocycles. The molecule has 0 aromatic rings. The van der Waals surface area contributed by atoms with E-state index >= 15 is 0 Å². The second-order valence-corrected chi connectivity index (χ2v) is 11.1. The number of fused-ring (bicyclic) bond motifs is 5. The molecular weight excluding hydrogens is 426 g/mol. The van der Waals surface area contributed by atoms with Crippen LogP contribution in [-0.4, -0.2) is 64.6 Å². The molecule has 1 saturated heterocycles. The first-order chi connectivity index (χ1) is 15.4. The highest BCUT2D eigenvalue weighted by atomic mass is 16.6. The van der Waals surface area contributed by atoms with Crippen molar-refractivity contribution in [1.29, 1.82) is 0 Å². The molecule has 9 nitrogen and oxygen atoms in total. The van der Waals surface area contributed by atoms with Gasteiger partial charge in [-0.3, -0.25) is 9.59 Å². The first-order valence-electron chi connectivity index (χ1n) is 12.4. The molecule has 188 valence electrons. The Hall–Kier alpha value is -1.87. The standard InChI is InChI=1S/C24H41N3O6/c1-13-21(30)25-10-9-14-5-7-18(28)16(11-14)17-12-15(6-8-19(17)29)20(22(31)26-13)27-23(32)33-24(2,3)4/h13-20,28-29H,5-12H2,1-4H3,(H,25,30)(H,26,31)(H,27,32)/t13-,14+,15-,16-,17-,18-,19-,20-/m0/s1. The van der Waals surface area contributed by atoms with Gasteiger partial charge in [0.1, 0.15) is 17.7 Å². The number of hydrogen-bond donors (Lipinski definition) is 5. The number of hydrogen-bond acceptors (Lipinski definition) is 6. The van der Waals surface area contributed by atoms with Gasteiger partial charge in [-0.15, -0.1) is 0 Å². The Labute approximate surface area is 196 Å². The highest BCUT2D eigenvalue weighted by Gasteiger charge is 2.44. The molecule has 9 heteroatoms. The van der Waals surface area contributed by atoms with Crippen molar-refractivity contribution >= 4 is 17.9 Å². The molecule has 1 heterocycles. The molecule has 2 aliphatic carbocycles. The first-order valence-corrected chi connectivity index (χ1v) is 12.4. The molecule has 2 saturated carbocycles. The van der Waals surface area contributed by atoms with Crippen LogP contribution in [0.15, 0.2) is 0 Å². The van der Waals surface area contributed by atoms with Crippen molar-refractivity contribution in [3.05, 3.63) is 0 Å². The van der Waals surface area contributed by atoms with E-state index in [2.05, 4.69) is 16.0 Å². The summed E-state index contributed by atoms with van der Waals surface area (Å²) in [6.45, 7) is 7.38. The van der Waals surface area contributed by atoms with Crippen molar-refractivity contribution in [2.75, 3.05) is 6.54 Å². The summed E-state index contributed by atoms with van der Waals surface area (Å²) in [6, 6.07) is -1.64. The highest BCUT2D eigenvalue weighted by molar-refractivity contribution is 5.91. The van der Waals surface area contributed by atoms with Gasteiger partial charge in [-0.05, 0) is 96.3 Å². The van der Waals surface area contributed by atoms with Crippen LogP contribution in [0.3, 0.4) is 0 Å². The van der Waals surface area contributed by atoms with Gasteiger partial charge in [-0.2, -0.15) is 0 Å². The van der Waals surface area contributed by atoms with Crippen LogP contribution < -0.4 is 16.0 Å². The summed E-state index contributed by atoms with van der Waals surface area (Å²) >= 11 is 0. The van der Waals surface area contributed by atoms with Crippen molar-refractivity contribution in [2.24, 2.45) is 23.7 Å². The maximum absolute atomic E-state index is 13.2. The van der Waals surface area contributed by atoms with Crippen molar-refractivity contribution < 1.29 is 29.3 Å². The maximum Gasteiger partial charge on any atom is 0.408 e. The third kappa shape index (κ3) is 6.82. The molecule has 1 aliphatic heterocycles. The molecule has 0 aromatic heterocycles. The monoisotopic (exact) mass is 467 g/mol. The Kier molecular flexibility index (Phi) is 8.26. The number of amides is 3. The molecule has 0 radical (unpaired) electrons. The molecule has 3 rings (SSSR count). The third-order valence-corrected chi connectivity index (χ3v) is 7.45. The number of nitrogens with one attached hydrogen (secondary N) is 3. The van der Waals surface area contributed by atoms with Crippen molar-refractivity contribution in [2.45, 2.75) is 103 Å². The SMILES string of the molecule is C[C@@H]1NC(=O)[C@@H](NC(=O)OC(C)(C)C)[C@H]2CC[C@H](O)[C@@H](C2)[C@@H]2C[C@@H](CCNC1=O)CC[C@@H]2O. The molecule has 3 fully saturated rings. The normalized spacial score (nSPS) is 38.4. The van der Waals surface area contributed by atoms with Crippen LogP contribution in [-0.2, 0) is 14.3 Å². The van der Waals surface area contributed by atoms with Crippen molar-refractivity contribution in [3.8, 4) is 0 Å². The zero-order chi connectivity index (χ0) is 24.3. The van der Waals surface area contributed by atoms with E-state index in [9.17, 15) is 24.6 Å². The Morgan fingerprint density at radius 1 is 0.970 bits per heavy atom. The quantitative estimate of drug-likeness (QED) is 0.396. The lowest BCUT2D eigenvalue weighted by molar-refractivity contribution is -0.131. The molecule has 0 unspecified atom stereocenters. The van der Waals surface area contributed by atoms with Crippen LogP contribution in [0.2, 0.25) is 0 Å². The Balaban J connectivity index is 1.87. The molecule has 4 bridgehead atoms. The minimum atomic E-state index is -0.899. The van der Waals surface area contributed by atoms with Crippen LogP contribution >= 0.6 is 0 Å². The fraction of sp³-hybridized carbons (Fsp3) is 0.875. The summed E-state index contributed by atoms with van der Waals surface area (Å²) < 4.78 is 5.39. The predicted molar refractivity (Wildman–Crippen MR) is 122 cm³/mol. The molecule has 0 spiro atoms. The lowest BCUT2D eigenvalue weighted by atomic mass is 9.64. The average Bonchev–Trinajstić information content (AvgIpc) is 2.72. The van der Waals surface area contributed by atoms with Gasteiger partial charge in [-0.25, -0.2) is 4.79 Å². The molecule has 3 aliphatic rings. The Bertz CT molecular complexity index is 723. The largest absolute Gasteiger partial charge is 0.444 e. The summed E-state index contributed by atoms with van der Waals surface area (Å²) in [5, 5.41) is 30.0. The Morgan fingerprint density at radius 2 is 1.61 bits per heavy atom. The van der Waals surface area contributed by atoms with Crippen LogP contribution in [0.1, 0.15) is 72.6 Å². The van der Waals surface area contributed by atoms with Gasteiger partial charge >= 0.3 is 6.09 Å². The zero-order valence-electron chi connectivity index (χ0n) is 20.3. The van der Waals surface area contributed by atoms with E-state index in [-0.39, 0.29) is 23.7 Å². The summed E-state index contributed by atoms with van der Waals surface area (Å²) in [5.74, 6) is -0.786. The van der Waals surface area contributed by atoms with E-state index in [4.69, 9.17) is 4.74 Å². The lowest BCUT2D eigenvalue weighted by Crippen LogP contribution is -2.57. The minimum Gasteiger partial charge on any atom is -0.444 e. The topological polar surface area (TPSA) is 137 Å². The second-order valence-electron chi connectivity index (χ2n) is 11.1.